The van der Waals surface area contributed by atoms with Crippen molar-refractivity contribution in [3.8, 4) is 0 Å². The van der Waals surface area contributed by atoms with Gasteiger partial charge in [-0.25, -0.2) is 9.29 Å². The van der Waals surface area contributed by atoms with Gasteiger partial charge in [0.05, 0.1) is 23.5 Å². The lowest BCUT2D eigenvalue weighted by atomic mass is 10.0. The van der Waals surface area contributed by atoms with E-state index in [4.69, 9.17) is 4.74 Å². The van der Waals surface area contributed by atoms with E-state index in [1.165, 1.54) is 17.0 Å². The zero-order valence-electron chi connectivity index (χ0n) is 19.5. The van der Waals surface area contributed by atoms with Gasteiger partial charge in [0.2, 0.25) is 0 Å². The lowest BCUT2D eigenvalue weighted by Gasteiger charge is -2.37. The fraction of sp³-hybridized carbons (Fsp3) is 0.385. The molecule has 2 aliphatic heterocycles. The van der Waals surface area contributed by atoms with Crippen molar-refractivity contribution in [3.63, 3.8) is 0 Å². The van der Waals surface area contributed by atoms with E-state index in [1.54, 1.807) is 24.3 Å². The molecule has 2 heterocycles. The third-order valence-corrected chi connectivity index (χ3v) is 6.16. The molecule has 174 valence electrons. The predicted molar refractivity (Wildman–Crippen MR) is 127 cm³/mol. The second kappa shape index (κ2) is 9.35. The van der Waals surface area contributed by atoms with E-state index >= 15 is 0 Å². The largest absolute Gasteiger partial charge is 0.372 e. The molecule has 0 aromatic heterocycles. The standard InChI is InChI=1S/C26H30FN3O3/c1-5-28(6-2)21-11-13-22(14-12-21)30-25(31)23(19-7-9-20(27)10-8-19)24(26(30)32)29-15-17(3)33-18(4)16-29/h7-14,17-18H,5-6,15-16H2,1-4H3. The van der Waals surface area contributed by atoms with Crippen LogP contribution in [-0.2, 0) is 14.3 Å². The van der Waals surface area contributed by atoms with Gasteiger partial charge < -0.3 is 14.5 Å². The van der Waals surface area contributed by atoms with Gasteiger partial charge in [0, 0.05) is 31.9 Å². The summed E-state index contributed by atoms with van der Waals surface area (Å²) in [5, 5.41) is 0. The number of imide groups is 1. The zero-order valence-corrected chi connectivity index (χ0v) is 19.5. The van der Waals surface area contributed by atoms with Crippen LogP contribution in [0.1, 0.15) is 33.3 Å². The summed E-state index contributed by atoms with van der Waals surface area (Å²) < 4.78 is 19.4. The first-order valence-electron chi connectivity index (χ1n) is 11.5. The Morgan fingerprint density at radius 3 is 2.03 bits per heavy atom. The normalized spacial score (nSPS) is 21.2. The molecule has 0 spiro atoms. The van der Waals surface area contributed by atoms with Gasteiger partial charge in [-0.3, -0.25) is 9.59 Å². The van der Waals surface area contributed by atoms with E-state index in [2.05, 4.69) is 18.7 Å². The molecule has 0 aliphatic carbocycles. The fourth-order valence-corrected chi connectivity index (χ4v) is 4.68. The number of morpholine rings is 1. The molecule has 0 radical (unpaired) electrons. The number of carbonyl (C=O) groups is 2. The molecule has 4 rings (SSSR count). The number of amides is 2. The minimum absolute atomic E-state index is 0.0824. The quantitative estimate of drug-likeness (QED) is 0.620. The van der Waals surface area contributed by atoms with Crippen LogP contribution < -0.4 is 9.80 Å². The average molecular weight is 452 g/mol. The van der Waals surface area contributed by atoms with Crippen LogP contribution in [0.2, 0.25) is 0 Å². The monoisotopic (exact) mass is 451 g/mol. The van der Waals surface area contributed by atoms with E-state index in [1.807, 2.05) is 30.9 Å². The van der Waals surface area contributed by atoms with Crippen LogP contribution in [0.5, 0.6) is 0 Å². The SMILES string of the molecule is CCN(CC)c1ccc(N2C(=O)C(c3ccc(F)cc3)=C(N3CC(C)OC(C)C3)C2=O)cc1. The summed E-state index contributed by atoms with van der Waals surface area (Å²) >= 11 is 0. The Bertz CT molecular complexity index is 1050. The van der Waals surface area contributed by atoms with E-state index < -0.39 is 11.7 Å². The molecule has 1 saturated heterocycles. The van der Waals surface area contributed by atoms with E-state index in [-0.39, 0.29) is 18.1 Å². The van der Waals surface area contributed by atoms with E-state index in [0.29, 0.717) is 35.6 Å². The third-order valence-electron chi connectivity index (χ3n) is 6.16. The molecule has 2 aliphatic rings. The van der Waals surface area contributed by atoms with Crippen molar-refractivity contribution in [1.82, 2.24) is 4.90 Å². The van der Waals surface area contributed by atoms with Crippen molar-refractivity contribution in [2.45, 2.75) is 39.9 Å². The lowest BCUT2D eigenvalue weighted by molar-refractivity contribution is -0.121. The molecule has 7 heteroatoms. The highest BCUT2D eigenvalue weighted by Gasteiger charge is 2.43. The third kappa shape index (κ3) is 4.37. The van der Waals surface area contributed by atoms with Crippen LogP contribution in [0.15, 0.2) is 54.2 Å². The molecule has 33 heavy (non-hydrogen) atoms. The van der Waals surface area contributed by atoms with Gasteiger partial charge in [-0.2, -0.15) is 0 Å². The van der Waals surface area contributed by atoms with Gasteiger partial charge in [-0.05, 0) is 69.7 Å². The smallest absolute Gasteiger partial charge is 0.282 e. The van der Waals surface area contributed by atoms with Crippen molar-refractivity contribution < 1.29 is 18.7 Å². The topological polar surface area (TPSA) is 53.1 Å². The number of benzene rings is 2. The summed E-state index contributed by atoms with van der Waals surface area (Å²) in [6, 6.07) is 13.2. The van der Waals surface area contributed by atoms with Crippen LogP contribution in [0.25, 0.3) is 5.57 Å². The summed E-state index contributed by atoms with van der Waals surface area (Å²) in [6.45, 7) is 10.8. The molecule has 2 atom stereocenters. The first kappa shape index (κ1) is 23.0. The molecule has 0 N–H and O–H groups in total. The summed E-state index contributed by atoms with van der Waals surface area (Å²) in [7, 11) is 0. The minimum Gasteiger partial charge on any atom is -0.372 e. The molecule has 2 aromatic carbocycles. The zero-order chi connectivity index (χ0) is 23.7. The Morgan fingerprint density at radius 2 is 1.48 bits per heavy atom. The molecule has 1 fully saturated rings. The Kier molecular flexibility index (Phi) is 6.51. The highest BCUT2D eigenvalue weighted by molar-refractivity contribution is 6.45. The maximum absolute atomic E-state index is 13.7. The fourth-order valence-electron chi connectivity index (χ4n) is 4.68. The molecular weight excluding hydrogens is 421 g/mol. The van der Waals surface area contributed by atoms with Gasteiger partial charge in [0.15, 0.2) is 0 Å². The number of hydrogen-bond donors (Lipinski definition) is 0. The second-order valence-corrected chi connectivity index (χ2v) is 8.53. The average Bonchev–Trinajstić information content (AvgIpc) is 3.05. The van der Waals surface area contributed by atoms with Crippen LogP contribution >= 0.6 is 0 Å². The first-order valence-corrected chi connectivity index (χ1v) is 11.5. The Labute approximate surface area is 194 Å². The predicted octanol–water partition coefficient (Wildman–Crippen LogP) is 4.07. The van der Waals surface area contributed by atoms with Gasteiger partial charge >= 0.3 is 0 Å². The van der Waals surface area contributed by atoms with Crippen LogP contribution in [0.3, 0.4) is 0 Å². The van der Waals surface area contributed by atoms with Crippen molar-refractivity contribution >= 4 is 28.8 Å². The maximum Gasteiger partial charge on any atom is 0.282 e. The molecule has 0 bridgehead atoms. The number of anilines is 2. The van der Waals surface area contributed by atoms with E-state index in [9.17, 15) is 14.0 Å². The van der Waals surface area contributed by atoms with Crippen molar-refractivity contribution in [2.24, 2.45) is 0 Å². The van der Waals surface area contributed by atoms with E-state index in [0.717, 1.165) is 18.8 Å². The Balaban J connectivity index is 1.75. The van der Waals surface area contributed by atoms with Crippen LogP contribution in [-0.4, -0.2) is 55.1 Å². The van der Waals surface area contributed by atoms with Gasteiger partial charge in [-0.15, -0.1) is 0 Å². The number of carbonyl (C=O) groups excluding carboxylic acids is 2. The van der Waals surface area contributed by atoms with Gasteiger partial charge in [-0.1, -0.05) is 12.1 Å². The lowest BCUT2D eigenvalue weighted by Crippen LogP contribution is -2.47. The molecule has 2 unspecified atom stereocenters. The number of hydrogen-bond acceptors (Lipinski definition) is 5. The Hall–Kier alpha value is -3.19. The van der Waals surface area contributed by atoms with Crippen molar-refractivity contribution in [2.75, 3.05) is 36.0 Å². The highest BCUT2D eigenvalue weighted by Crippen LogP contribution is 2.36. The molecule has 0 saturated carbocycles. The van der Waals surface area contributed by atoms with Crippen molar-refractivity contribution in [3.05, 3.63) is 65.6 Å². The molecule has 2 aromatic rings. The number of rotatable bonds is 6. The van der Waals surface area contributed by atoms with Crippen LogP contribution in [0.4, 0.5) is 15.8 Å². The van der Waals surface area contributed by atoms with Crippen molar-refractivity contribution in [1.29, 1.82) is 0 Å². The number of ether oxygens (including phenoxy) is 1. The van der Waals surface area contributed by atoms with Gasteiger partial charge in [0.25, 0.3) is 11.8 Å². The highest BCUT2D eigenvalue weighted by atomic mass is 19.1. The van der Waals surface area contributed by atoms with Crippen LogP contribution in [0, 0.1) is 5.82 Å². The molecule has 2 amide bonds. The molecular formula is C26H30FN3O3. The maximum atomic E-state index is 13.7. The minimum atomic E-state index is -0.399. The number of halogens is 1. The second-order valence-electron chi connectivity index (χ2n) is 8.53. The summed E-state index contributed by atoms with van der Waals surface area (Å²) in [4.78, 5) is 32.7. The summed E-state index contributed by atoms with van der Waals surface area (Å²) in [6.07, 6.45) is -0.165. The summed E-state index contributed by atoms with van der Waals surface area (Å²) in [5.74, 6) is -1.16. The first-order chi connectivity index (χ1) is 15.8. The number of nitrogens with zero attached hydrogens (tertiary/aromatic N) is 3. The Morgan fingerprint density at radius 1 is 0.909 bits per heavy atom. The van der Waals surface area contributed by atoms with Gasteiger partial charge in [0.1, 0.15) is 11.5 Å². The molecule has 6 nitrogen and oxygen atoms in total. The summed E-state index contributed by atoms with van der Waals surface area (Å²) in [5.41, 5.74) is 2.73.